The summed E-state index contributed by atoms with van der Waals surface area (Å²) in [7, 11) is 2.04. The molecule has 3 heteroatoms. The van der Waals surface area contributed by atoms with Gasteiger partial charge in [-0.1, -0.05) is 13.8 Å². The van der Waals surface area contributed by atoms with E-state index in [0.29, 0.717) is 12.3 Å². The van der Waals surface area contributed by atoms with E-state index in [1.165, 1.54) is 0 Å². The van der Waals surface area contributed by atoms with Gasteiger partial charge in [-0.15, -0.1) is 0 Å². The monoisotopic (exact) mass is 193 g/mol. The van der Waals surface area contributed by atoms with Crippen LogP contribution in [0.3, 0.4) is 0 Å². The van der Waals surface area contributed by atoms with Crippen LogP contribution in [0.5, 0.6) is 0 Å². The normalized spacial score (nSPS) is 23.1. The van der Waals surface area contributed by atoms with Gasteiger partial charge in [-0.05, 0) is 32.4 Å². The van der Waals surface area contributed by atoms with Crippen LogP contribution in [-0.4, -0.2) is 31.5 Å². The minimum absolute atomic E-state index is 0.0819. The molecule has 0 spiro atoms. The van der Waals surface area contributed by atoms with Crippen LogP contribution in [0, 0.1) is 5.92 Å². The minimum atomic E-state index is -2.11. The van der Waals surface area contributed by atoms with Crippen LogP contribution in [0.1, 0.15) is 33.1 Å². The average molecular weight is 193 g/mol. The Morgan fingerprint density at radius 2 is 2.00 bits per heavy atom. The molecule has 1 aliphatic heterocycles. The van der Waals surface area contributed by atoms with Crippen LogP contribution in [0.2, 0.25) is 0 Å². The van der Waals surface area contributed by atoms with Crippen molar-refractivity contribution < 1.29 is 8.78 Å². The van der Waals surface area contributed by atoms with Gasteiger partial charge in [0.25, 0.3) is 0 Å². The van der Waals surface area contributed by atoms with Crippen LogP contribution in [0.15, 0.2) is 0 Å². The molecule has 1 heterocycles. The molecule has 13 heavy (non-hydrogen) atoms. The van der Waals surface area contributed by atoms with Gasteiger partial charge in [0.15, 0.2) is 0 Å². The molecule has 1 rings (SSSR count). The molecular formula is C10H21F2N. The van der Waals surface area contributed by atoms with E-state index in [0.717, 1.165) is 19.5 Å². The third kappa shape index (κ3) is 5.97. The Morgan fingerprint density at radius 1 is 1.38 bits per heavy atom. The number of halogens is 2. The predicted octanol–water partition coefficient (Wildman–Crippen LogP) is 3.01. The maximum Gasteiger partial charge on any atom is 0.238 e. The molecule has 0 bridgehead atoms. The molecule has 0 radical (unpaired) electrons. The van der Waals surface area contributed by atoms with Gasteiger partial charge in [-0.3, -0.25) is 0 Å². The summed E-state index contributed by atoms with van der Waals surface area (Å²) in [6, 6.07) is 0. The minimum Gasteiger partial charge on any atom is -0.306 e. The van der Waals surface area contributed by atoms with Crippen molar-refractivity contribution >= 4 is 0 Å². The first-order valence-corrected chi connectivity index (χ1v) is 5.15. The summed E-state index contributed by atoms with van der Waals surface area (Å²) in [5.41, 5.74) is 0. The number of alkyl halides is 2. The van der Waals surface area contributed by atoms with Crippen molar-refractivity contribution in [2.45, 2.75) is 39.5 Å². The zero-order valence-corrected chi connectivity index (χ0v) is 8.89. The lowest BCUT2D eigenvalue weighted by Crippen LogP contribution is -2.14. The van der Waals surface area contributed by atoms with E-state index in [2.05, 4.69) is 4.90 Å². The first-order valence-electron chi connectivity index (χ1n) is 5.15. The van der Waals surface area contributed by atoms with E-state index in [4.69, 9.17) is 0 Å². The topological polar surface area (TPSA) is 3.24 Å². The molecular weight excluding hydrogens is 172 g/mol. The molecule has 0 amide bonds. The fraction of sp³-hybridized carbons (Fsp3) is 1.00. The SMILES string of the molecule is CC.CN1CCC(CCC(F)F)C1. The molecule has 0 aromatic rings. The third-order valence-electron chi connectivity index (χ3n) is 2.28. The predicted molar refractivity (Wildman–Crippen MR) is 52.2 cm³/mol. The second-order valence-corrected chi connectivity index (χ2v) is 3.39. The van der Waals surface area contributed by atoms with Gasteiger partial charge in [0, 0.05) is 13.0 Å². The average Bonchev–Trinajstić information content (AvgIpc) is 2.52. The molecule has 1 saturated heterocycles. The van der Waals surface area contributed by atoms with Crippen LogP contribution < -0.4 is 0 Å². The Bertz CT molecular complexity index is 117. The highest BCUT2D eigenvalue weighted by Crippen LogP contribution is 2.21. The molecule has 0 saturated carbocycles. The van der Waals surface area contributed by atoms with Crippen molar-refractivity contribution in [2.24, 2.45) is 5.92 Å². The van der Waals surface area contributed by atoms with E-state index < -0.39 is 6.43 Å². The van der Waals surface area contributed by atoms with Crippen molar-refractivity contribution in [1.82, 2.24) is 4.90 Å². The smallest absolute Gasteiger partial charge is 0.238 e. The first-order chi connectivity index (χ1) is 6.18. The third-order valence-corrected chi connectivity index (χ3v) is 2.28. The molecule has 1 nitrogen and oxygen atoms in total. The Balaban J connectivity index is 0.000000671. The van der Waals surface area contributed by atoms with Crippen LogP contribution in [0.25, 0.3) is 0 Å². The lowest BCUT2D eigenvalue weighted by atomic mass is 10.0. The Kier molecular flexibility index (Phi) is 7.14. The Labute approximate surface area is 80.1 Å². The highest BCUT2D eigenvalue weighted by Gasteiger charge is 2.20. The van der Waals surface area contributed by atoms with Crippen molar-refractivity contribution in [3.05, 3.63) is 0 Å². The summed E-state index contributed by atoms with van der Waals surface area (Å²) in [6.45, 7) is 6.08. The summed E-state index contributed by atoms with van der Waals surface area (Å²) >= 11 is 0. The van der Waals surface area contributed by atoms with Gasteiger partial charge < -0.3 is 4.90 Å². The summed E-state index contributed by atoms with van der Waals surface area (Å²) in [5.74, 6) is 0.522. The highest BCUT2D eigenvalue weighted by atomic mass is 19.3. The number of nitrogens with zero attached hydrogens (tertiary/aromatic N) is 1. The quantitative estimate of drug-likeness (QED) is 0.666. The molecule has 1 aliphatic rings. The number of hydrogen-bond acceptors (Lipinski definition) is 1. The van der Waals surface area contributed by atoms with Crippen molar-refractivity contribution in [1.29, 1.82) is 0 Å². The van der Waals surface area contributed by atoms with E-state index in [9.17, 15) is 8.78 Å². The highest BCUT2D eigenvalue weighted by molar-refractivity contribution is 4.72. The van der Waals surface area contributed by atoms with E-state index in [-0.39, 0.29) is 6.42 Å². The van der Waals surface area contributed by atoms with Gasteiger partial charge in [-0.2, -0.15) is 0 Å². The van der Waals surface area contributed by atoms with Crippen LogP contribution >= 0.6 is 0 Å². The fourth-order valence-corrected chi connectivity index (χ4v) is 1.62. The molecule has 1 unspecified atom stereocenters. The fourth-order valence-electron chi connectivity index (χ4n) is 1.62. The maximum absolute atomic E-state index is 11.8. The summed E-state index contributed by atoms with van der Waals surface area (Å²) < 4.78 is 23.5. The summed E-state index contributed by atoms with van der Waals surface area (Å²) in [6.07, 6.45) is -0.232. The first kappa shape index (κ1) is 12.8. The van der Waals surface area contributed by atoms with Gasteiger partial charge in [0.2, 0.25) is 6.43 Å². The second-order valence-electron chi connectivity index (χ2n) is 3.39. The standard InChI is InChI=1S/C8H15F2N.C2H6/c1-11-5-4-7(6-11)2-3-8(9)10;1-2/h7-8H,2-6H2,1H3;1-2H3. The maximum atomic E-state index is 11.8. The second kappa shape index (κ2) is 7.25. The lowest BCUT2D eigenvalue weighted by molar-refractivity contribution is 0.128. The Morgan fingerprint density at radius 3 is 2.38 bits per heavy atom. The molecule has 0 aromatic carbocycles. The van der Waals surface area contributed by atoms with E-state index in [1.807, 2.05) is 20.9 Å². The lowest BCUT2D eigenvalue weighted by Gasteiger charge is -2.09. The number of hydrogen-bond donors (Lipinski definition) is 0. The zero-order chi connectivity index (χ0) is 10.3. The number of rotatable bonds is 3. The summed E-state index contributed by atoms with van der Waals surface area (Å²) in [5, 5.41) is 0. The van der Waals surface area contributed by atoms with Crippen LogP contribution in [0.4, 0.5) is 8.78 Å². The zero-order valence-electron chi connectivity index (χ0n) is 8.89. The molecule has 1 fully saturated rings. The molecule has 0 aliphatic carbocycles. The van der Waals surface area contributed by atoms with Gasteiger partial charge >= 0.3 is 0 Å². The Hall–Kier alpha value is -0.180. The van der Waals surface area contributed by atoms with E-state index in [1.54, 1.807) is 0 Å². The largest absolute Gasteiger partial charge is 0.306 e. The van der Waals surface area contributed by atoms with Crippen molar-refractivity contribution in [2.75, 3.05) is 20.1 Å². The van der Waals surface area contributed by atoms with E-state index >= 15 is 0 Å². The molecule has 1 atom stereocenters. The van der Waals surface area contributed by atoms with Gasteiger partial charge in [-0.25, -0.2) is 8.78 Å². The molecule has 0 aromatic heterocycles. The van der Waals surface area contributed by atoms with Crippen molar-refractivity contribution in [3.8, 4) is 0 Å². The van der Waals surface area contributed by atoms with Gasteiger partial charge in [0.05, 0.1) is 0 Å². The van der Waals surface area contributed by atoms with Crippen molar-refractivity contribution in [3.63, 3.8) is 0 Å². The number of likely N-dealkylation sites (tertiary alicyclic amines) is 1. The molecule has 80 valence electrons. The summed E-state index contributed by atoms with van der Waals surface area (Å²) in [4.78, 5) is 2.20. The van der Waals surface area contributed by atoms with Gasteiger partial charge in [0.1, 0.15) is 0 Å². The van der Waals surface area contributed by atoms with Crippen LogP contribution in [-0.2, 0) is 0 Å². The molecule has 0 N–H and O–H groups in total.